The average Bonchev–Trinajstić information content (AvgIpc) is 3.24. The van der Waals surface area contributed by atoms with Crippen LogP contribution >= 0.6 is 0 Å². The highest BCUT2D eigenvalue weighted by molar-refractivity contribution is 6.00. The van der Waals surface area contributed by atoms with E-state index in [0.29, 0.717) is 60.8 Å². The second kappa shape index (κ2) is 9.21. The van der Waals surface area contributed by atoms with Crippen molar-refractivity contribution in [2.75, 3.05) is 26.2 Å². The monoisotopic (exact) mass is 469 g/mol. The van der Waals surface area contributed by atoms with Gasteiger partial charge in [0.05, 0.1) is 16.8 Å². The van der Waals surface area contributed by atoms with E-state index in [1.54, 1.807) is 22.2 Å². The van der Waals surface area contributed by atoms with Crippen molar-refractivity contribution >= 4 is 11.8 Å². The summed E-state index contributed by atoms with van der Waals surface area (Å²) in [6.07, 6.45) is 3.51. The molecule has 2 amide bonds. The summed E-state index contributed by atoms with van der Waals surface area (Å²) >= 11 is 0. The van der Waals surface area contributed by atoms with Crippen molar-refractivity contribution in [1.82, 2.24) is 24.1 Å². The minimum atomic E-state index is -0.253. The van der Waals surface area contributed by atoms with E-state index in [1.807, 2.05) is 73.0 Å². The summed E-state index contributed by atoms with van der Waals surface area (Å²) in [4.78, 5) is 43.1. The summed E-state index contributed by atoms with van der Waals surface area (Å²) in [7, 11) is 0. The molecule has 8 nitrogen and oxygen atoms in total. The number of aryl methyl sites for hydroxylation is 2. The van der Waals surface area contributed by atoms with Crippen molar-refractivity contribution < 1.29 is 9.59 Å². The summed E-state index contributed by atoms with van der Waals surface area (Å²) in [5, 5.41) is 4.54. The fourth-order valence-electron chi connectivity index (χ4n) is 4.40. The highest BCUT2D eigenvalue weighted by atomic mass is 16.2. The number of fused-ring (bicyclic) bond motifs is 1. The first-order valence-corrected chi connectivity index (χ1v) is 11.8. The lowest BCUT2D eigenvalue weighted by atomic mass is 10.1. The number of para-hydroxylation sites is 1. The van der Waals surface area contributed by atoms with Crippen molar-refractivity contribution in [3.8, 4) is 16.9 Å². The molecule has 0 spiro atoms. The molecule has 0 atom stereocenters. The number of amides is 2. The first-order valence-electron chi connectivity index (χ1n) is 11.8. The van der Waals surface area contributed by atoms with Crippen LogP contribution in [0.1, 0.15) is 33.2 Å². The fourth-order valence-corrected chi connectivity index (χ4v) is 4.40. The van der Waals surface area contributed by atoms with Gasteiger partial charge in [0, 0.05) is 50.7 Å². The van der Waals surface area contributed by atoms with Gasteiger partial charge in [-0.25, -0.2) is 0 Å². The van der Waals surface area contributed by atoms with E-state index in [2.05, 4.69) is 5.10 Å². The lowest BCUT2D eigenvalue weighted by Gasteiger charge is -2.35. The molecule has 3 heterocycles. The molecule has 0 aliphatic carbocycles. The Labute approximate surface area is 203 Å². The second-order valence-corrected chi connectivity index (χ2v) is 8.77. The molecule has 0 saturated carbocycles. The lowest BCUT2D eigenvalue weighted by molar-refractivity contribution is 0.0535. The first kappa shape index (κ1) is 22.6. The molecule has 1 saturated heterocycles. The Hall–Kier alpha value is -4.20. The summed E-state index contributed by atoms with van der Waals surface area (Å²) < 4.78 is 3.19. The van der Waals surface area contributed by atoms with E-state index >= 15 is 0 Å². The Kier molecular flexibility index (Phi) is 5.94. The lowest BCUT2D eigenvalue weighted by Crippen LogP contribution is -2.50. The van der Waals surface area contributed by atoms with E-state index < -0.39 is 0 Å². The van der Waals surface area contributed by atoms with Crippen molar-refractivity contribution in [3.63, 3.8) is 0 Å². The third kappa shape index (κ3) is 4.23. The second-order valence-electron chi connectivity index (χ2n) is 8.77. The molecule has 5 rings (SSSR count). The third-order valence-electron chi connectivity index (χ3n) is 6.47. The molecule has 3 aliphatic rings. The molecule has 0 unspecified atom stereocenters. The van der Waals surface area contributed by atoms with Crippen LogP contribution in [-0.4, -0.2) is 62.1 Å². The number of hydrogen-bond acceptors (Lipinski definition) is 4. The van der Waals surface area contributed by atoms with Gasteiger partial charge >= 0.3 is 0 Å². The number of benzene rings is 2. The van der Waals surface area contributed by atoms with Gasteiger partial charge in [0.2, 0.25) is 0 Å². The number of nitrogens with zero attached hydrogens (tertiary/aromatic N) is 5. The number of hydrogen-bond donors (Lipinski definition) is 0. The van der Waals surface area contributed by atoms with Gasteiger partial charge in [-0.1, -0.05) is 35.9 Å². The van der Waals surface area contributed by atoms with Crippen LogP contribution in [-0.2, 0) is 6.54 Å². The molecule has 35 heavy (non-hydrogen) atoms. The van der Waals surface area contributed by atoms with Gasteiger partial charge in [0.1, 0.15) is 5.69 Å². The number of carbonyl (C=O) groups is 2. The Morgan fingerprint density at radius 2 is 1.49 bits per heavy atom. The van der Waals surface area contributed by atoms with Crippen LogP contribution in [0.5, 0.6) is 0 Å². The zero-order chi connectivity index (χ0) is 24.5. The van der Waals surface area contributed by atoms with Crippen molar-refractivity contribution in [2.45, 2.75) is 20.4 Å². The zero-order valence-corrected chi connectivity index (χ0v) is 19.8. The molecule has 0 radical (unpaired) electrons. The molecule has 0 N–H and O–H groups in total. The predicted molar refractivity (Wildman–Crippen MR) is 133 cm³/mol. The zero-order valence-electron chi connectivity index (χ0n) is 19.8. The van der Waals surface area contributed by atoms with E-state index in [-0.39, 0.29) is 17.4 Å². The van der Waals surface area contributed by atoms with Crippen LogP contribution < -0.4 is 5.56 Å². The fraction of sp³-hybridized carbons (Fsp3) is 0.259. The Bertz CT molecular complexity index is 1400. The van der Waals surface area contributed by atoms with Gasteiger partial charge in [-0.3, -0.25) is 14.4 Å². The SMILES string of the molecule is CCn1cc(C(=O)N2CCN(C(=O)c3ccc(C)cc3)CC2)c2nn(-c3ccccc3)c(=O)c-2c1. The molecule has 2 aromatic rings. The van der Waals surface area contributed by atoms with E-state index in [0.717, 1.165) is 5.56 Å². The van der Waals surface area contributed by atoms with Crippen LogP contribution in [0.4, 0.5) is 0 Å². The highest BCUT2D eigenvalue weighted by Crippen LogP contribution is 2.24. The topological polar surface area (TPSA) is 80.4 Å². The van der Waals surface area contributed by atoms with E-state index in [1.165, 1.54) is 4.68 Å². The Morgan fingerprint density at radius 1 is 0.857 bits per heavy atom. The van der Waals surface area contributed by atoms with Crippen LogP contribution in [0.25, 0.3) is 16.9 Å². The van der Waals surface area contributed by atoms with Gasteiger partial charge in [0.15, 0.2) is 0 Å². The molecule has 0 aromatic heterocycles. The van der Waals surface area contributed by atoms with Gasteiger partial charge in [-0.2, -0.15) is 9.78 Å². The minimum absolute atomic E-state index is 0.0272. The summed E-state index contributed by atoms with van der Waals surface area (Å²) in [6, 6.07) is 16.7. The average molecular weight is 470 g/mol. The largest absolute Gasteiger partial charge is 0.353 e. The Balaban J connectivity index is 1.40. The van der Waals surface area contributed by atoms with Crippen molar-refractivity contribution in [1.29, 1.82) is 0 Å². The quantitative estimate of drug-likeness (QED) is 0.460. The maximum absolute atomic E-state index is 13.6. The molecular weight excluding hydrogens is 442 g/mol. The van der Waals surface area contributed by atoms with Gasteiger partial charge in [0.25, 0.3) is 17.4 Å². The molecule has 178 valence electrons. The van der Waals surface area contributed by atoms with E-state index in [9.17, 15) is 14.4 Å². The molecule has 0 bridgehead atoms. The predicted octanol–water partition coefficient (Wildman–Crippen LogP) is 3.07. The van der Waals surface area contributed by atoms with Crippen LogP contribution in [0, 0.1) is 6.92 Å². The normalized spacial score (nSPS) is 13.9. The third-order valence-corrected chi connectivity index (χ3v) is 6.47. The van der Waals surface area contributed by atoms with Crippen LogP contribution in [0.3, 0.4) is 0 Å². The number of piperazine rings is 1. The minimum Gasteiger partial charge on any atom is -0.353 e. The molecule has 3 aliphatic heterocycles. The molecule has 8 heteroatoms. The molecule has 1 fully saturated rings. The van der Waals surface area contributed by atoms with Gasteiger partial charge < -0.3 is 14.4 Å². The number of carbonyl (C=O) groups excluding carboxylic acids is 2. The summed E-state index contributed by atoms with van der Waals surface area (Å²) in [6.45, 7) is 6.30. The molecular formula is C27H27N5O3. The van der Waals surface area contributed by atoms with Crippen LogP contribution in [0.15, 0.2) is 71.8 Å². The van der Waals surface area contributed by atoms with Crippen molar-refractivity contribution in [2.24, 2.45) is 0 Å². The maximum Gasteiger partial charge on any atom is 0.282 e. The van der Waals surface area contributed by atoms with Gasteiger partial charge in [-0.15, -0.1) is 0 Å². The number of rotatable bonds is 4. The smallest absolute Gasteiger partial charge is 0.282 e. The summed E-state index contributed by atoms with van der Waals surface area (Å²) in [5.41, 5.74) is 3.36. The van der Waals surface area contributed by atoms with E-state index in [4.69, 9.17) is 0 Å². The highest BCUT2D eigenvalue weighted by Gasteiger charge is 2.30. The first-order chi connectivity index (χ1) is 17.0. The maximum atomic E-state index is 13.6. The number of aromatic nitrogens is 3. The summed E-state index contributed by atoms with van der Waals surface area (Å²) in [5.74, 6) is -0.210. The van der Waals surface area contributed by atoms with Gasteiger partial charge in [-0.05, 0) is 38.1 Å². The van der Waals surface area contributed by atoms with Crippen molar-refractivity contribution in [3.05, 3.63) is 94.0 Å². The standard InChI is InChI=1S/C27H27N5O3/c1-3-29-17-22(24-23(18-29)27(35)32(28-24)21-7-5-4-6-8-21)26(34)31-15-13-30(14-16-31)25(33)20-11-9-19(2)10-12-20/h4-12,17-18H,3,13-16H2,1-2H3. The van der Waals surface area contributed by atoms with Crippen LogP contribution in [0.2, 0.25) is 0 Å². The number of pyridine rings is 1. The molecule has 2 aromatic carbocycles. The Morgan fingerprint density at radius 3 is 2.11 bits per heavy atom.